The van der Waals surface area contributed by atoms with E-state index in [0.29, 0.717) is 16.2 Å². The largest absolute Gasteiger partial charge is 0.452 e. The maximum atomic E-state index is 12.7. The van der Waals surface area contributed by atoms with E-state index in [9.17, 15) is 9.59 Å². The molecule has 0 bridgehead atoms. The zero-order chi connectivity index (χ0) is 22.0. The van der Waals surface area contributed by atoms with Crippen LogP contribution in [-0.2, 0) is 9.53 Å². The quantitative estimate of drug-likeness (QED) is 0.334. The van der Waals surface area contributed by atoms with Crippen LogP contribution in [0.3, 0.4) is 0 Å². The van der Waals surface area contributed by atoms with Gasteiger partial charge >= 0.3 is 5.97 Å². The Morgan fingerprint density at radius 2 is 2.00 bits per heavy atom. The highest BCUT2D eigenvalue weighted by Crippen LogP contribution is 2.38. The van der Waals surface area contributed by atoms with Gasteiger partial charge in [-0.15, -0.1) is 11.3 Å². The number of anilines is 1. The van der Waals surface area contributed by atoms with E-state index >= 15 is 0 Å². The first-order valence-corrected chi connectivity index (χ1v) is 10.9. The van der Waals surface area contributed by atoms with Crippen molar-refractivity contribution in [2.45, 2.75) is 30.7 Å². The fourth-order valence-electron chi connectivity index (χ4n) is 2.87. The van der Waals surface area contributed by atoms with Gasteiger partial charge in [-0.1, -0.05) is 29.1 Å². The van der Waals surface area contributed by atoms with Crippen molar-refractivity contribution in [3.05, 3.63) is 58.4 Å². The van der Waals surface area contributed by atoms with Crippen molar-refractivity contribution in [1.82, 2.24) is 15.1 Å². The SMILES string of the molecule is Cc1cc(NC(=O)COC(=O)c2ccccc2Sc2ncnc3sc(C)c(C)c23)no1. The first-order chi connectivity index (χ1) is 14.9. The molecule has 3 heterocycles. The van der Waals surface area contributed by atoms with Crippen molar-refractivity contribution >= 4 is 51.0 Å². The molecule has 0 saturated carbocycles. The van der Waals surface area contributed by atoms with E-state index in [0.717, 1.165) is 20.8 Å². The third-order valence-electron chi connectivity index (χ3n) is 4.47. The molecule has 0 aliphatic carbocycles. The molecule has 0 spiro atoms. The maximum absolute atomic E-state index is 12.7. The summed E-state index contributed by atoms with van der Waals surface area (Å²) in [5.41, 5.74) is 1.48. The van der Waals surface area contributed by atoms with Crippen molar-refractivity contribution < 1.29 is 18.8 Å². The molecule has 1 aromatic carbocycles. The lowest BCUT2D eigenvalue weighted by molar-refractivity contribution is -0.119. The number of amides is 1. The summed E-state index contributed by atoms with van der Waals surface area (Å²) in [7, 11) is 0. The van der Waals surface area contributed by atoms with Crippen LogP contribution in [0.4, 0.5) is 5.82 Å². The van der Waals surface area contributed by atoms with Crippen LogP contribution < -0.4 is 5.32 Å². The highest BCUT2D eigenvalue weighted by molar-refractivity contribution is 7.99. The molecule has 0 atom stereocenters. The average Bonchev–Trinajstić information content (AvgIpc) is 3.29. The van der Waals surface area contributed by atoms with E-state index in [4.69, 9.17) is 9.26 Å². The van der Waals surface area contributed by atoms with E-state index in [-0.39, 0.29) is 5.82 Å². The minimum absolute atomic E-state index is 0.267. The number of ether oxygens (including phenoxy) is 1. The number of thiophene rings is 1. The molecule has 8 nitrogen and oxygen atoms in total. The van der Waals surface area contributed by atoms with Gasteiger partial charge in [-0.2, -0.15) is 0 Å². The van der Waals surface area contributed by atoms with Gasteiger partial charge in [0.25, 0.3) is 5.91 Å². The van der Waals surface area contributed by atoms with E-state index in [1.54, 1.807) is 36.5 Å². The Morgan fingerprint density at radius 1 is 1.19 bits per heavy atom. The summed E-state index contributed by atoms with van der Waals surface area (Å²) >= 11 is 2.99. The minimum atomic E-state index is -0.599. The van der Waals surface area contributed by atoms with Gasteiger partial charge in [0.05, 0.1) is 5.56 Å². The fraction of sp³-hybridized carbons (Fsp3) is 0.190. The molecule has 4 aromatic rings. The maximum Gasteiger partial charge on any atom is 0.339 e. The van der Waals surface area contributed by atoms with Crippen LogP contribution in [-0.4, -0.2) is 33.6 Å². The van der Waals surface area contributed by atoms with Gasteiger partial charge in [-0.25, -0.2) is 14.8 Å². The zero-order valence-corrected chi connectivity index (χ0v) is 18.6. The number of fused-ring (bicyclic) bond motifs is 1. The molecule has 4 rings (SSSR count). The number of nitrogens with one attached hydrogen (secondary N) is 1. The van der Waals surface area contributed by atoms with Gasteiger partial charge in [0.2, 0.25) is 0 Å². The Labute approximate surface area is 186 Å². The number of carbonyl (C=O) groups excluding carboxylic acids is 2. The molecule has 0 radical (unpaired) electrons. The lowest BCUT2D eigenvalue weighted by Crippen LogP contribution is -2.21. The van der Waals surface area contributed by atoms with Crippen LogP contribution in [0.5, 0.6) is 0 Å². The second kappa shape index (κ2) is 8.86. The summed E-state index contributed by atoms with van der Waals surface area (Å²) in [5, 5.41) is 7.94. The van der Waals surface area contributed by atoms with Gasteiger partial charge in [0.1, 0.15) is 21.9 Å². The third-order valence-corrected chi connectivity index (χ3v) is 6.67. The number of nitrogens with zero attached hydrogens (tertiary/aromatic N) is 3. The Kier molecular flexibility index (Phi) is 6.01. The molecule has 0 aliphatic rings. The summed E-state index contributed by atoms with van der Waals surface area (Å²) < 4.78 is 10.1. The normalized spacial score (nSPS) is 10.9. The van der Waals surface area contributed by atoms with Gasteiger partial charge in [0, 0.05) is 21.2 Å². The molecule has 10 heteroatoms. The molecule has 0 fully saturated rings. The summed E-state index contributed by atoms with van der Waals surface area (Å²) in [5.74, 6) is -0.274. The molecule has 1 N–H and O–H groups in total. The van der Waals surface area contributed by atoms with Crippen molar-refractivity contribution in [3.63, 3.8) is 0 Å². The molecule has 0 saturated heterocycles. The number of aromatic nitrogens is 3. The van der Waals surface area contributed by atoms with Gasteiger partial charge in [0.15, 0.2) is 12.4 Å². The molecule has 158 valence electrons. The summed E-state index contributed by atoms with van der Waals surface area (Å²) in [6, 6.07) is 8.63. The minimum Gasteiger partial charge on any atom is -0.452 e. The molecule has 0 aliphatic heterocycles. The Bertz CT molecular complexity index is 1280. The molecule has 31 heavy (non-hydrogen) atoms. The third kappa shape index (κ3) is 4.59. The number of aryl methyl sites for hydroxylation is 3. The lowest BCUT2D eigenvalue weighted by atomic mass is 10.2. The monoisotopic (exact) mass is 454 g/mol. The second-order valence-corrected chi connectivity index (χ2v) is 8.92. The highest BCUT2D eigenvalue weighted by Gasteiger charge is 2.19. The number of carbonyl (C=O) groups is 2. The number of hydrogen-bond acceptors (Lipinski definition) is 9. The van der Waals surface area contributed by atoms with Gasteiger partial charge in [-0.05, 0) is 38.5 Å². The van der Waals surface area contributed by atoms with Crippen LogP contribution in [0.1, 0.15) is 26.6 Å². The van der Waals surface area contributed by atoms with Crippen molar-refractivity contribution in [2.75, 3.05) is 11.9 Å². The predicted molar refractivity (Wildman–Crippen MR) is 118 cm³/mol. The molecular weight excluding hydrogens is 436 g/mol. The number of rotatable bonds is 6. The van der Waals surface area contributed by atoms with Gasteiger partial charge < -0.3 is 14.6 Å². The van der Waals surface area contributed by atoms with E-state index in [2.05, 4.69) is 20.4 Å². The number of benzene rings is 1. The van der Waals surface area contributed by atoms with Gasteiger partial charge in [-0.3, -0.25) is 4.79 Å². The van der Waals surface area contributed by atoms with Crippen LogP contribution in [0.15, 0.2) is 51.1 Å². The Morgan fingerprint density at radius 3 is 2.77 bits per heavy atom. The fourth-order valence-corrected chi connectivity index (χ4v) is 5.00. The Balaban J connectivity index is 1.50. The van der Waals surface area contributed by atoms with E-state index < -0.39 is 18.5 Å². The number of esters is 1. The zero-order valence-electron chi connectivity index (χ0n) is 17.0. The van der Waals surface area contributed by atoms with Crippen LogP contribution >= 0.6 is 23.1 Å². The molecule has 3 aromatic heterocycles. The van der Waals surface area contributed by atoms with Crippen LogP contribution in [0.2, 0.25) is 0 Å². The molecule has 1 amide bonds. The highest BCUT2D eigenvalue weighted by atomic mass is 32.2. The first kappa shape index (κ1) is 21.0. The molecule has 0 unspecified atom stereocenters. The Hall–Kier alpha value is -3.24. The number of hydrogen-bond donors (Lipinski definition) is 1. The average molecular weight is 455 g/mol. The summed E-state index contributed by atoms with van der Waals surface area (Å²) in [6.45, 7) is 5.36. The lowest BCUT2D eigenvalue weighted by Gasteiger charge is -2.09. The summed E-state index contributed by atoms with van der Waals surface area (Å²) in [6.07, 6.45) is 1.52. The second-order valence-electron chi connectivity index (χ2n) is 6.69. The molecular formula is C21H18N4O4S2. The topological polar surface area (TPSA) is 107 Å². The van der Waals surface area contributed by atoms with E-state index in [1.165, 1.54) is 23.0 Å². The smallest absolute Gasteiger partial charge is 0.339 e. The standard InChI is InChI=1S/C21H18N4O4S2/c1-11-8-16(25-29-11)24-17(26)9-28-21(27)14-6-4-5-7-15(14)31-20-18-12(2)13(3)30-19(18)22-10-23-20/h4-8,10H,9H2,1-3H3,(H,24,25,26). The van der Waals surface area contributed by atoms with Crippen molar-refractivity contribution in [1.29, 1.82) is 0 Å². The predicted octanol–water partition coefficient (Wildman–Crippen LogP) is 4.55. The van der Waals surface area contributed by atoms with Crippen LogP contribution in [0, 0.1) is 20.8 Å². The van der Waals surface area contributed by atoms with Crippen molar-refractivity contribution in [3.8, 4) is 0 Å². The van der Waals surface area contributed by atoms with Crippen molar-refractivity contribution in [2.24, 2.45) is 0 Å². The summed E-state index contributed by atoms with van der Waals surface area (Å²) in [4.78, 5) is 36.3. The van der Waals surface area contributed by atoms with E-state index in [1.807, 2.05) is 26.0 Å². The first-order valence-electron chi connectivity index (χ1n) is 9.30. The van der Waals surface area contributed by atoms with Crippen LogP contribution in [0.25, 0.3) is 10.2 Å².